The molecule has 0 spiro atoms. The number of thioether (sulfide) groups is 2. The third-order valence-electron chi connectivity index (χ3n) is 3.06. The van der Waals surface area contributed by atoms with Crippen molar-refractivity contribution >= 4 is 29.3 Å². The molecule has 100 valence electrons. The standard InChI is InChI=1S/C12H18N2O2S2/c1-4-9(15)5-11-13-12(14-16-11)10-6-17-7(2)8(3)18-10/h7-8,10H,4-6H2,1-3H3. The Morgan fingerprint density at radius 3 is 2.89 bits per heavy atom. The number of aromatic nitrogens is 2. The highest BCUT2D eigenvalue weighted by Gasteiger charge is 2.29. The van der Waals surface area contributed by atoms with Crippen molar-refractivity contribution in [2.45, 2.75) is 49.4 Å². The number of ketones is 1. The van der Waals surface area contributed by atoms with Crippen LogP contribution >= 0.6 is 23.5 Å². The van der Waals surface area contributed by atoms with Crippen molar-refractivity contribution in [2.75, 3.05) is 5.75 Å². The largest absolute Gasteiger partial charge is 0.339 e. The molecule has 1 aromatic rings. The maximum Gasteiger partial charge on any atom is 0.234 e. The summed E-state index contributed by atoms with van der Waals surface area (Å²) in [7, 11) is 0. The fourth-order valence-electron chi connectivity index (χ4n) is 1.68. The SMILES string of the molecule is CCC(=O)Cc1nc(C2CSC(C)C(C)S2)no1. The van der Waals surface area contributed by atoms with Gasteiger partial charge in [-0.1, -0.05) is 25.9 Å². The minimum absolute atomic E-state index is 0.137. The van der Waals surface area contributed by atoms with Crippen LogP contribution in [0.1, 0.15) is 44.2 Å². The van der Waals surface area contributed by atoms with Crippen molar-refractivity contribution in [3.05, 3.63) is 11.7 Å². The molecule has 1 aliphatic heterocycles. The highest BCUT2D eigenvalue weighted by Crippen LogP contribution is 2.43. The van der Waals surface area contributed by atoms with Gasteiger partial charge in [0.15, 0.2) is 5.82 Å². The smallest absolute Gasteiger partial charge is 0.234 e. The van der Waals surface area contributed by atoms with Gasteiger partial charge in [0.25, 0.3) is 0 Å². The molecule has 1 aliphatic rings. The molecule has 3 unspecified atom stereocenters. The molecule has 1 fully saturated rings. The number of hydrogen-bond donors (Lipinski definition) is 0. The minimum Gasteiger partial charge on any atom is -0.339 e. The third kappa shape index (κ3) is 3.29. The second kappa shape index (κ2) is 6.10. The Bertz CT molecular complexity index is 422. The molecule has 1 aromatic heterocycles. The summed E-state index contributed by atoms with van der Waals surface area (Å²) in [6, 6.07) is 0. The second-order valence-corrected chi connectivity index (χ2v) is 7.48. The average Bonchev–Trinajstić information content (AvgIpc) is 2.81. The lowest BCUT2D eigenvalue weighted by Gasteiger charge is -2.29. The molecule has 1 saturated heterocycles. The Hall–Kier alpha value is -0.490. The second-order valence-electron chi connectivity index (χ2n) is 4.48. The summed E-state index contributed by atoms with van der Waals surface area (Å²) in [6.07, 6.45) is 0.778. The zero-order valence-corrected chi connectivity index (χ0v) is 12.5. The number of nitrogens with zero attached hydrogens (tertiary/aromatic N) is 2. The fraction of sp³-hybridized carbons (Fsp3) is 0.750. The molecule has 0 aromatic carbocycles. The first-order valence-corrected chi connectivity index (χ1v) is 8.20. The average molecular weight is 286 g/mol. The van der Waals surface area contributed by atoms with E-state index in [0.717, 1.165) is 11.6 Å². The molecule has 3 atom stereocenters. The molecule has 2 heterocycles. The van der Waals surface area contributed by atoms with Crippen LogP contribution in [0.3, 0.4) is 0 Å². The lowest BCUT2D eigenvalue weighted by atomic mass is 10.2. The van der Waals surface area contributed by atoms with Gasteiger partial charge in [-0.05, 0) is 0 Å². The van der Waals surface area contributed by atoms with Gasteiger partial charge in [0.2, 0.25) is 5.89 Å². The molecule has 0 bridgehead atoms. The van der Waals surface area contributed by atoms with Gasteiger partial charge in [0, 0.05) is 22.7 Å². The van der Waals surface area contributed by atoms with Gasteiger partial charge in [-0.2, -0.15) is 16.7 Å². The number of carbonyl (C=O) groups excluding carboxylic acids is 1. The summed E-state index contributed by atoms with van der Waals surface area (Å²) in [5, 5.41) is 5.56. The van der Waals surface area contributed by atoms with Crippen molar-refractivity contribution in [2.24, 2.45) is 0 Å². The Labute approximate surface area is 116 Å². The normalized spacial score (nSPS) is 28.3. The third-order valence-corrected chi connectivity index (χ3v) is 6.45. The van der Waals surface area contributed by atoms with E-state index in [1.165, 1.54) is 0 Å². The molecule has 0 aliphatic carbocycles. The van der Waals surface area contributed by atoms with Gasteiger partial charge in [0.1, 0.15) is 5.78 Å². The van der Waals surface area contributed by atoms with Gasteiger partial charge >= 0.3 is 0 Å². The van der Waals surface area contributed by atoms with Crippen LogP contribution in [-0.2, 0) is 11.2 Å². The lowest BCUT2D eigenvalue weighted by molar-refractivity contribution is -0.118. The molecule has 6 heteroatoms. The van der Waals surface area contributed by atoms with Gasteiger partial charge in [-0.25, -0.2) is 0 Å². The zero-order valence-electron chi connectivity index (χ0n) is 10.9. The van der Waals surface area contributed by atoms with Crippen LogP contribution in [0.2, 0.25) is 0 Å². The Morgan fingerprint density at radius 1 is 1.44 bits per heavy atom. The van der Waals surface area contributed by atoms with E-state index in [0.29, 0.717) is 22.8 Å². The van der Waals surface area contributed by atoms with Crippen LogP contribution in [0.4, 0.5) is 0 Å². The van der Waals surface area contributed by atoms with E-state index in [-0.39, 0.29) is 17.5 Å². The van der Waals surface area contributed by atoms with Gasteiger partial charge in [-0.3, -0.25) is 4.79 Å². The molecule has 18 heavy (non-hydrogen) atoms. The summed E-state index contributed by atoms with van der Waals surface area (Å²) in [6.45, 7) is 6.33. The van der Waals surface area contributed by atoms with Gasteiger partial charge < -0.3 is 4.52 Å². The zero-order chi connectivity index (χ0) is 13.1. The lowest BCUT2D eigenvalue weighted by Crippen LogP contribution is -2.22. The maximum absolute atomic E-state index is 11.3. The highest BCUT2D eigenvalue weighted by atomic mass is 32.2. The van der Waals surface area contributed by atoms with Crippen LogP contribution in [0.5, 0.6) is 0 Å². The summed E-state index contributed by atoms with van der Waals surface area (Å²) >= 11 is 3.84. The van der Waals surface area contributed by atoms with Crippen LogP contribution in [0, 0.1) is 0 Å². The van der Waals surface area contributed by atoms with Crippen molar-refractivity contribution in [1.82, 2.24) is 10.1 Å². The van der Waals surface area contributed by atoms with E-state index < -0.39 is 0 Å². The molecule has 0 N–H and O–H groups in total. The molecule has 0 radical (unpaired) electrons. The van der Waals surface area contributed by atoms with Crippen molar-refractivity contribution < 1.29 is 9.32 Å². The summed E-state index contributed by atoms with van der Waals surface area (Å²) in [4.78, 5) is 15.7. The Morgan fingerprint density at radius 2 is 2.22 bits per heavy atom. The van der Waals surface area contributed by atoms with Crippen LogP contribution in [0.15, 0.2) is 4.52 Å². The Balaban J connectivity index is 1.99. The Kier molecular flexibility index (Phi) is 4.72. The van der Waals surface area contributed by atoms with Crippen LogP contribution in [-0.4, -0.2) is 32.2 Å². The monoisotopic (exact) mass is 286 g/mol. The van der Waals surface area contributed by atoms with E-state index >= 15 is 0 Å². The van der Waals surface area contributed by atoms with Crippen molar-refractivity contribution in [3.8, 4) is 0 Å². The van der Waals surface area contributed by atoms with E-state index in [2.05, 4.69) is 24.0 Å². The number of Topliss-reactive ketones (excluding diaryl/α,β-unsaturated/α-hetero) is 1. The van der Waals surface area contributed by atoms with E-state index in [9.17, 15) is 4.79 Å². The van der Waals surface area contributed by atoms with E-state index in [1.54, 1.807) is 0 Å². The molecule has 0 saturated carbocycles. The van der Waals surface area contributed by atoms with Crippen molar-refractivity contribution in [1.29, 1.82) is 0 Å². The molecular formula is C12H18N2O2S2. The first-order chi connectivity index (χ1) is 8.60. The quantitative estimate of drug-likeness (QED) is 0.848. The first-order valence-electron chi connectivity index (χ1n) is 6.21. The summed E-state index contributed by atoms with van der Waals surface area (Å²) in [5.41, 5.74) is 0. The summed E-state index contributed by atoms with van der Waals surface area (Å²) < 4.78 is 5.15. The predicted molar refractivity (Wildman–Crippen MR) is 75.0 cm³/mol. The summed E-state index contributed by atoms with van der Waals surface area (Å²) in [5.74, 6) is 2.34. The highest BCUT2D eigenvalue weighted by molar-refractivity contribution is 8.07. The number of carbonyl (C=O) groups is 1. The topological polar surface area (TPSA) is 56.0 Å². The molecule has 0 amide bonds. The first kappa shape index (κ1) is 13.9. The minimum atomic E-state index is 0.137. The van der Waals surface area contributed by atoms with E-state index in [1.807, 2.05) is 30.4 Å². The maximum atomic E-state index is 11.3. The predicted octanol–water partition coefficient (Wildman–Crippen LogP) is 2.89. The van der Waals surface area contributed by atoms with Crippen LogP contribution < -0.4 is 0 Å². The van der Waals surface area contributed by atoms with Gasteiger partial charge in [0.05, 0.1) is 11.7 Å². The fourth-order valence-corrected chi connectivity index (χ4v) is 4.52. The molecule has 2 rings (SSSR count). The van der Waals surface area contributed by atoms with Gasteiger partial charge in [-0.15, -0.1) is 11.8 Å². The van der Waals surface area contributed by atoms with Crippen molar-refractivity contribution in [3.63, 3.8) is 0 Å². The molecular weight excluding hydrogens is 268 g/mol. The van der Waals surface area contributed by atoms with E-state index in [4.69, 9.17) is 4.52 Å². The molecule has 4 nitrogen and oxygen atoms in total. The number of hydrogen-bond acceptors (Lipinski definition) is 6. The number of rotatable bonds is 4. The van der Waals surface area contributed by atoms with Crippen LogP contribution in [0.25, 0.3) is 0 Å².